The summed E-state index contributed by atoms with van der Waals surface area (Å²) in [5, 5.41) is 0.823. The van der Waals surface area contributed by atoms with E-state index in [9.17, 15) is 22.8 Å². The van der Waals surface area contributed by atoms with E-state index in [0.717, 1.165) is 9.96 Å². The van der Waals surface area contributed by atoms with Crippen molar-refractivity contribution >= 4 is 33.9 Å². The summed E-state index contributed by atoms with van der Waals surface area (Å²) < 4.78 is 36.9. The van der Waals surface area contributed by atoms with Gasteiger partial charge in [0.1, 0.15) is 12.0 Å². The molecule has 26 heavy (non-hydrogen) atoms. The van der Waals surface area contributed by atoms with Crippen LogP contribution in [0, 0.1) is 5.92 Å². The fraction of sp³-hybridized carbons (Fsp3) is 0.500. The number of β-lactam (4-membered cyclic amide) rings is 1. The maximum Gasteiger partial charge on any atom is 0.362 e. The highest BCUT2D eigenvalue weighted by Crippen LogP contribution is 2.36. The van der Waals surface area contributed by atoms with Crippen LogP contribution in [0.3, 0.4) is 0 Å². The van der Waals surface area contributed by atoms with Crippen molar-refractivity contribution in [3.8, 4) is 0 Å². The van der Waals surface area contributed by atoms with Gasteiger partial charge in [0, 0.05) is 12.6 Å². The Kier molecular flexibility index (Phi) is 4.50. The van der Waals surface area contributed by atoms with Crippen molar-refractivity contribution in [2.45, 2.75) is 25.4 Å². The third kappa shape index (κ3) is 2.75. The molecular formula is C14H17N3O8S. The molecule has 11 nitrogen and oxygen atoms in total. The quantitative estimate of drug-likeness (QED) is 0.307. The Hall–Kier alpha value is -2.44. The van der Waals surface area contributed by atoms with Gasteiger partial charge in [-0.15, -0.1) is 0 Å². The number of rotatable bonds is 5. The van der Waals surface area contributed by atoms with Crippen LogP contribution in [0.2, 0.25) is 0 Å². The van der Waals surface area contributed by atoms with Crippen LogP contribution in [-0.4, -0.2) is 65.6 Å². The molecule has 2 saturated heterocycles. The molecule has 1 aromatic heterocycles. The number of hydrogen-bond donors (Lipinski definition) is 1. The van der Waals surface area contributed by atoms with Crippen LogP contribution in [-0.2, 0) is 29.5 Å². The van der Waals surface area contributed by atoms with E-state index in [1.807, 2.05) is 0 Å². The second-order valence-corrected chi connectivity index (χ2v) is 7.22. The molecule has 0 saturated carbocycles. The first kappa shape index (κ1) is 18.4. The Morgan fingerprint density at radius 3 is 2.69 bits per heavy atom. The Morgan fingerprint density at radius 2 is 2.15 bits per heavy atom. The highest BCUT2D eigenvalue weighted by Gasteiger charge is 2.60. The number of furan rings is 1. The molecule has 1 unspecified atom stereocenters. The van der Waals surface area contributed by atoms with Gasteiger partial charge < -0.3 is 9.32 Å². The lowest BCUT2D eigenvalue weighted by atomic mass is 9.99. The van der Waals surface area contributed by atoms with Crippen molar-refractivity contribution < 1.29 is 36.6 Å². The van der Waals surface area contributed by atoms with E-state index in [1.54, 1.807) is 6.07 Å². The van der Waals surface area contributed by atoms with E-state index in [-0.39, 0.29) is 18.8 Å². The number of amides is 3. The van der Waals surface area contributed by atoms with Crippen LogP contribution < -0.4 is 5.06 Å². The van der Waals surface area contributed by atoms with E-state index in [4.69, 9.17) is 13.8 Å². The summed E-state index contributed by atoms with van der Waals surface area (Å²) in [6.07, 6.45) is 1.53. The van der Waals surface area contributed by atoms with Gasteiger partial charge in [0.05, 0.1) is 19.4 Å². The molecule has 142 valence electrons. The maximum absolute atomic E-state index is 12.7. The van der Waals surface area contributed by atoms with Gasteiger partial charge >= 0.3 is 10.3 Å². The predicted molar refractivity (Wildman–Crippen MR) is 84.7 cm³/mol. The second kappa shape index (κ2) is 6.37. The van der Waals surface area contributed by atoms with Gasteiger partial charge in [0.25, 0.3) is 11.8 Å². The lowest BCUT2D eigenvalue weighted by molar-refractivity contribution is -0.155. The summed E-state index contributed by atoms with van der Waals surface area (Å²) in [5.74, 6) is -3.33. The fourth-order valence-corrected chi connectivity index (χ4v) is 4.17. The van der Waals surface area contributed by atoms with Gasteiger partial charge in [-0.25, -0.2) is 4.31 Å². The molecule has 3 heterocycles. The molecule has 2 aliphatic rings. The van der Waals surface area contributed by atoms with Crippen LogP contribution >= 0.6 is 0 Å². The number of nitrogens with zero attached hydrogens (tertiary/aromatic N) is 3. The summed E-state index contributed by atoms with van der Waals surface area (Å²) in [6, 6.07) is 1.21. The summed E-state index contributed by atoms with van der Waals surface area (Å²) in [5.41, 5.74) is 0. The fourth-order valence-electron chi connectivity index (χ4n) is 3.27. The molecular weight excluding hydrogens is 370 g/mol. The molecule has 0 spiro atoms. The third-order valence-electron chi connectivity index (χ3n) is 4.50. The van der Waals surface area contributed by atoms with Crippen LogP contribution in [0.4, 0.5) is 5.88 Å². The van der Waals surface area contributed by atoms with Crippen molar-refractivity contribution in [2.75, 3.05) is 18.7 Å². The molecule has 3 amide bonds. The zero-order chi connectivity index (χ0) is 19.2. The lowest BCUT2D eigenvalue weighted by Gasteiger charge is -2.42. The van der Waals surface area contributed by atoms with Gasteiger partial charge in [0.15, 0.2) is 0 Å². The maximum atomic E-state index is 12.7. The van der Waals surface area contributed by atoms with Gasteiger partial charge in [-0.1, -0.05) is 0 Å². The highest BCUT2D eigenvalue weighted by atomic mass is 32.2. The Morgan fingerprint density at radius 1 is 1.46 bits per heavy atom. The third-order valence-corrected chi connectivity index (χ3v) is 5.45. The minimum absolute atomic E-state index is 0.0914. The van der Waals surface area contributed by atoms with Gasteiger partial charge in [0.2, 0.25) is 11.8 Å². The molecule has 2 aliphatic heterocycles. The molecule has 0 radical (unpaired) electrons. The molecule has 3 rings (SSSR count). The molecule has 0 aromatic carbocycles. The zero-order valence-corrected chi connectivity index (χ0v) is 14.7. The first-order valence-electron chi connectivity index (χ1n) is 7.71. The van der Waals surface area contributed by atoms with Crippen LogP contribution in [0.15, 0.2) is 22.8 Å². The topological polar surface area (TPSA) is 138 Å². The largest absolute Gasteiger partial charge is 0.446 e. The highest BCUT2D eigenvalue weighted by molar-refractivity contribution is 7.84. The van der Waals surface area contributed by atoms with E-state index in [1.165, 1.54) is 26.4 Å². The van der Waals surface area contributed by atoms with Crippen LogP contribution in [0.25, 0.3) is 0 Å². The molecule has 1 N–H and O–H groups in total. The number of hydrogen-bond acceptors (Lipinski definition) is 7. The number of fused-ring (bicyclic) bond motifs is 1. The number of carbonyl (C=O) groups is 3. The Balaban J connectivity index is 1.74. The summed E-state index contributed by atoms with van der Waals surface area (Å²) in [4.78, 5) is 43.4. The van der Waals surface area contributed by atoms with E-state index < -0.39 is 46.0 Å². The number of likely N-dealkylation sites (tertiary alicyclic amines) is 1. The van der Waals surface area contributed by atoms with Gasteiger partial charge in [-0.05, 0) is 19.4 Å². The second-order valence-electron chi connectivity index (χ2n) is 5.93. The first-order valence-corrected chi connectivity index (χ1v) is 9.11. The monoisotopic (exact) mass is 387 g/mol. The Labute approximate surface area is 148 Å². The molecule has 3 atom stereocenters. The molecule has 1 aromatic rings. The number of anilines is 1. The summed E-state index contributed by atoms with van der Waals surface area (Å²) in [7, 11) is -3.42. The van der Waals surface area contributed by atoms with Crippen LogP contribution in [0.5, 0.6) is 0 Å². The van der Waals surface area contributed by atoms with Gasteiger partial charge in [-0.2, -0.15) is 13.5 Å². The standard InChI is InChI=1S/C14H17N3O8S/c1-8(13(19)16(24-2)10-4-3-7-25-10)12(18)15-6-5-9-11(15)14(20)17(9)26(21,22)23/h3-4,7-9,11H,5-6H2,1-2H3,(H,21,22,23)/t8?,9-,11+/m1/s1. The van der Waals surface area contributed by atoms with Crippen molar-refractivity contribution in [1.82, 2.24) is 9.21 Å². The first-order chi connectivity index (χ1) is 12.2. The van der Waals surface area contributed by atoms with Crippen molar-refractivity contribution in [3.63, 3.8) is 0 Å². The van der Waals surface area contributed by atoms with E-state index in [0.29, 0.717) is 4.31 Å². The van der Waals surface area contributed by atoms with Crippen molar-refractivity contribution in [1.29, 1.82) is 0 Å². The summed E-state index contributed by atoms with van der Waals surface area (Å²) in [6.45, 7) is 1.45. The van der Waals surface area contributed by atoms with E-state index >= 15 is 0 Å². The average Bonchev–Trinajstić information content (AvgIpc) is 3.20. The minimum atomic E-state index is -4.66. The Bertz CT molecular complexity index is 836. The SMILES string of the molecule is CON(C(=O)C(C)C(=O)N1CC[C@@H]2[C@H]1C(=O)N2S(=O)(=O)O)c1ccco1. The number of carbonyl (C=O) groups excluding carboxylic acids is 3. The minimum Gasteiger partial charge on any atom is -0.446 e. The molecule has 12 heteroatoms. The molecule has 0 bridgehead atoms. The van der Waals surface area contributed by atoms with Crippen LogP contribution in [0.1, 0.15) is 13.3 Å². The smallest absolute Gasteiger partial charge is 0.362 e. The molecule has 0 aliphatic carbocycles. The number of hydroxylamine groups is 1. The molecule has 2 fully saturated rings. The van der Waals surface area contributed by atoms with Gasteiger partial charge in [-0.3, -0.25) is 23.8 Å². The lowest BCUT2D eigenvalue weighted by Crippen LogP contribution is -2.68. The van der Waals surface area contributed by atoms with Crippen molar-refractivity contribution in [2.24, 2.45) is 5.92 Å². The normalized spacial score (nSPS) is 23.4. The van der Waals surface area contributed by atoms with Crippen molar-refractivity contribution in [3.05, 3.63) is 18.4 Å². The zero-order valence-electron chi connectivity index (χ0n) is 13.9. The summed E-state index contributed by atoms with van der Waals surface area (Å²) >= 11 is 0. The average molecular weight is 387 g/mol. The van der Waals surface area contributed by atoms with E-state index in [2.05, 4.69) is 0 Å². The predicted octanol–water partition coefficient (Wildman–Crippen LogP) is -0.575.